The first-order valence-corrected chi connectivity index (χ1v) is 7.63. The Morgan fingerprint density at radius 3 is 2.53 bits per heavy atom. The summed E-state index contributed by atoms with van der Waals surface area (Å²) in [5.74, 6) is 1.14. The highest BCUT2D eigenvalue weighted by atomic mass is 35.5. The molecule has 1 unspecified atom stereocenters. The van der Waals surface area contributed by atoms with E-state index in [1.54, 1.807) is 11.3 Å². The monoisotopic (exact) mass is 298 g/mol. The van der Waals surface area contributed by atoms with Crippen molar-refractivity contribution >= 4 is 33.2 Å². The summed E-state index contributed by atoms with van der Waals surface area (Å²) in [6.45, 7) is 10.9. The summed E-state index contributed by atoms with van der Waals surface area (Å²) in [7, 11) is 0. The lowest BCUT2D eigenvalue weighted by Crippen LogP contribution is -2.16. The van der Waals surface area contributed by atoms with Crippen molar-refractivity contribution in [1.82, 2.24) is 9.97 Å². The van der Waals surface area contributed by atoms with Crippen molar-refractivity contribution in [3.05, 3.63) is 21.4 Å². The van der Waals surface area contributed by atoms with Gasteiger partial charge in [-0.3, -0.25) is 0 Å². The highest BCUT2D eigenvalue weighted by Gasteiger charge is 2.14. The molecule has 0 radical (unpaired) electrons. The summed E-state index contributed by atoms with van der Waals surface area (Å²) in [5, 5.41) is 1.51. The van der Waals surface area contributed by atoms with Crippen molar-refractivity contribution in [2.75, 3.05) is 0 Å². The van der Waals surface area contributed by atoms with Gasteiger partial charge in [0.05, 0.1) is 11.5 Å². The van der Waals surface area contributed by atoms with Gasteiger partial charge < -0.3 is 4.74 Å². The van der Waals surface area contributed by atoms with Gasteiger partial charge >= 0.3 is 0 Å². The van der Waals surface area contributed by atoms with Gasteiger partial charge in [0, 0.05) is 4.88 Å². The maximum Gasteiger partial charge on any atom is 0.157 e. The molecule has 0 aliphatic rings. The van der Waals surface area contributed by atoms with Gasteiger partial charge in [-0.15, -0.1) is 11.3 Å². The number of nitrogens with zero attached hydrogens (tertiary/aromatic N) is 2. The van der Waals surface area contributed by atoms with Crippen LogP contribution in [-0.4, -0.2) is 16.1 Å². The molecule has 2 aromatic rings. The number of hydrogen-bond acceptors (Lipinski definition) is 4. The molecule has 0 aliphatic carbocycles. The van der Waals surface area contributed by atoms with E-state index in [-0.39, 0.29) is 6.10 Å². The summed E-state index contributed by atoms with van der Waals surface area (Å²) in [4.78, 5) is 11.1. The first-order valence-electron chi connectivity index (χ1n) is 6.43. The van der Waals surface area contributed by atoms with Crippen LogP contribution < -0.4 is 0 Å². The predicted molar refractivity (Wildman–Crippen MR) is 81.0 cm³/mol. The van der Waals surface area contributed by atoms with E-state index in [1.165, 1.54) is 10.4 Å². The number of aryl methyl sites for hydroxylation is 2. The van der Waals surface area contributed by atoms with E-state index in [4.69, 9.17) is 16.3 Å². The van der Waals surface area contributed by atoms with Crippen LogP contribution in [0.4, 0.5) is 0 Å². The number of hydrogen-bond donors (Lipinski definition) is 0. The summed E-state index contributed by atoms with van der Waals surface area (Å²) in [6, 6.07) is 0. The predicted octanol–water partition coefficient (Wildman–Crippen LogP) is 4.52. The van der Waals surface area contributed by atoms with Crippen molar-refractivity contribution in [2.45, 2.75) is 47.3 Å². The number of fused-ring (bicyclic) bond motifs is 1. The van der Waals surface area contributed by atoms with Gasteiger partial charge in [-0.1, -0.05) is 25.4 Å². The molecule has 0 fully saturated rings. The third-order valence-electron chi connectivity index (χ3n) is 3.44. The zero-order valence-corrected chi connectivity index (χ0v) is 13.5. The molecule has 19 heavy (non-hydrogen) atoms. The molecule has 2 heterocycles. The first-order chi connectivity index (χ1) is 8.90. The van der Waals surface area contributed by atoms with E-state index in [0.29, 0.717) is 23.5 Å². The number of rotatable bonds is 4. The summed E-state index contributed by atoms with van der Waals surface area (Å²) in [5.41, 5.74) is 1.17. The Bertz CT molecular complexity index is 595. The molecule has 2 aromatic heterocycles. The second kappa shape index (κ2) is 5.73. The molecule has 0 saturated heterocycles. The van der Waals surface area contributed by atoms with Gasteiger partial charge in [0.1, 0.15) is 16.6 Å². The molecule has 0 saturated carbocycles. The van der Waals surface area contributed by atoms with Crippen molar-refractivity contribution in [3.63, 3.8) is 0 Å². The van der Waals surface area contributed by atoms with Crippen LogP contribution in [0.25, 0.3) is 10.2 Å². The number of thiophene rings is 1. The van der Waals surface area contributed by atoms with Gasteiger partial charge in [0.2, 0.25) is 0 Å². The SMILES string of the molecule is Cc1sc2nc(COC(C)C(C)C)nc(Cl)c2c1C. The number of aromatic nitrogens is 2. The lowest BCUT2D eigenvalue weighted by Gasteiger charge is -2.15. The molecule has 0 bridgehead atoms. The molecule has 1 atom stereocenters. The van der Waals surface area contributed by atoms with E-state index in [9.17, 15) is 0 Å². The minimum absolute atomic E-state index is 0.185. The van der Waals surface area contributed by atoms with Crippen molar-refractivity contribution in [2.24, 2.45) is 5.92 Å². The minimum atomic E-state index is 0.185. The van der Waals surface area contributed by atoms with Gasteiger partial charge in [-0.2, -0.15) is 0 Å². The molecule has 2 rings (SSSR count). The molecule has 0 amide bonds. The molecular weight excluding hydrogens is 280 g/mol. The second-order valence-corrected chi connectivity index (χ2v) is 6.72. The summed E-state index contributed by atoms with van der Waals surface area (Å²) in [6.07, 6.45) is 0.185. The zero-order chi connectivity index (χ0) is 14.2. The molecule has 0 aromatic carbocycles. The number of ether oxygens (including phenoxy) is 1. The zero-order valence-electron chi connectivity index (χ0n) is 12.0. The second-order valence-electron chi connectivity index (χ2n) is 5.15. The average Bonchev–Trinajstić information content (AvgIpc) is 2.62. The van der Waals surface area contributed by atoms with E-state index in [0.717, 1.165) is 10.2 Å². The normalized spacial score (nSPS) is 13.4. The maximum atomic E-state index is 6.26. The summed E-state index contributed by atoms with van der Waals surface area (Å²) < 4.78 is 5.75. The topological polar surface area (TPSA) is 35.0 Å². The first kappa shape index (κ1) is 14.7. The Labute approximate surface area is 123 Å². The van der Waals surface area contributed by atoms with E-state index < -0.39 is 0 Å². The Balaban J connectivity index is 2.26. The van der Waals surface area contributed by atoms with Gasteiger partial charge in [-0.05, 0) is 32.3 Å². The quantitative estimate of drug-likeness (QED) is 0.778. The van der Waals surface area contributed by atoms with Crippen LogP contribution in [0, 0.1) is 19.8 Å². The van der Waals surface area contributed by atoms with Crippen LogP contribution in [0.3, 0.4) is 0 Å². The highest BCUT2D eigenvalue weighted by Crippen LogP contribution is 2.32. The third-order valence-corrected chi connectivity index (χ3v) is 4.82. The molecule has 104 valence electrons. The lowest BCUT2D eigenvalue weighted by atomic mass is 10.1. The largest absolute Gasteiger partial charge is 0.370 e. The van der Waals surface area contributed by atoms with Crippen LogP contribution in [0.15, 0.2) is 0 Å². The number of halogens is 1. The molecule has 0 aliphatic heterocycles. The van der Waals surface area contributed by atoms with Crippen LogP contribution in [0.1, 0.15) is 37.0 Å². The van der Waals surface area contributed by atoms with E-state index in [1.807, 2.05) is 0 Å². The maximum absolute atomic E-state index is 6.26. The average molecular weight is 299 g/mol. The van der Waals surface area contributed by atoms with Gasteiger partial charge in [-0.25, -0.2) is 9.97 Å². The van der Waals surface area contributed by atoms with Crippen molar-refractivity contribution < 1.29 is 4.74 Å². The van der Waals surface area contributed by atoms with Crippen molar-refractivity contribution in [3.8, 4) is 0 Å². The fourth-order valence-electron chi connectivity index (χ4n) is 1.71. The molecule has 0 N–H and O–H groups in total. The Morgan fingerprint density at radius 1 is 1.21 bits per heavy atom. The molecular formula is C14H19ClN2OS. The van der Waals surface area contributed by atoms with Crippen LogP contribution >= 0.6 is 22.9 Å². The molecule has 3 nitrogen and oxygen atoms in total. The van der Waals surface area contributed by atoms with E-state index >= 15 is 0 Å². The highest BCUT2D eigenvalue weighted by molar-refractivity contribution is 7.18. The van der Waals surface area contributed by atoms with Gasteiger partial charge in [0.15, 0.2) is 5.82 Å². The van der Waals surface area contributed by atoms with Crippen LogP contribution in [0.2, 0.25) is 5.15 Å². The van der Waals surface area contributed by atoms with E-state index in [2.05, 4.69) is 44.6 Å². The standard InChI is InChI=1S/C14H19ClN2OS/c1-7(2)9(4)18-6-11-16-13(15)12-8(3)10(5)19-14(12)17-11/h7,9H,6H2,1-5H3. The smallest absolute Gasteiger partial charge is 0.157 e. The Hall–Kier alpha value is -0.710. The minimum Gasteiger partial charge on any atom is -0.370 e. The van der Waals surface area contributed by atoms with Crippen molar-refractivity contribution in [1.29, 1.82) is 0 Å². The third kappa shape index (κ3) is 3.07. The Morgan fingerprint density at radius 2 is 1.89 bits per heavy atom. The lowest BCUT2D eigenvalue weighted by molar-refractivity contribution is 0.0201. The molecule has 0 spiro atoms. The summed E-state index contributed by atoms with van der Waals surface area (Å²) >= 11 is 7.92. The molecule has 5 heteroatoms. The van der Waals surface area contributed by atoms with Crippen LogP contribution in [-0.2, 0) is 11.3 Å². The fraction of sp³-hybridized carbons (Fsp3) is 0.571. The Kier molecular flexibility index (Phi) is 4.43. The van der Waals surface area contributed by atoms with Crippen LogP contribution in [0.5, 0.6) is 0 Å². The fourth-order valence-corrected chi connectivity index (χ4v) is 3.14. The van der Waals surface area contributed by atoms with Gasteiger partial charge in [0.25, 0.3) is 0 Å².